The Balaban J connectivity index is 1.82. The van der Waals surface area contributed by atoms with Gasteiger partial charge in [0.1, 0.15) is 5.75 Å². The highest BCUT2D eigenvalue weighted by Gasteiger charge is 2.25. The number of hydrogen-bond donors (Lipinski definition) is 1. The molecule has 0 bridgehead atoms. The van der Waals surface area contributed by atoms with Crippen LogP contribution in [0.5, 0.6) is 5.75 Å². The van der Waals surface area contributed by atoms with E-state index in [9.17, 15) is 0 Å². The molecule has 2 nitrogen and oxygen atoms in total. The first kappa shape index (κ1) is 15.0. The van der Waals surface area contributed by atoms with Crippen LogP contribution in [0.2, 0.25) is 9.36 Å². The van der Waals surface area contributed by atoms with Gasteiger partial charge in [-0.2, -0.15) is 0 Å². The Morgan fingerprint density at radius 3 is 3.00 bits per heavy atom. The predicted octanol–water partition coefficient (Wildman–Crippen LogP) is 5.94. The Morgan fingerprint density at radius 2 is 2.19 bits per heavy atom. The average Bonchev–Trinajstić information content (AvgIpc) is 2.99. The quantitative estimate of drug-likeness (QED) is 0.726. The van der Waals surface area contributed by atoms with Gasteiger partial charge >= 0.3 is 0 Å². The fourth-order valence-electron chi connectivity index (χ4n) is 2.62. The second kappa shape index (κ2) is 6.47. The van der Waals surface area contributed by atoms with Crippen molar-refractivity contribution >= 4 is 40.2 Å². The minimum atomic E-state index is 0.284. The van der Waals surface area contributed by atoms with Crippen molar-refractivity contribution in [1.29, 1.82) is 0 Å². The minimum absolute atomic E-state index is 0.284. The number of fused-ring (bicyclic) bond motifs is 1. The van der Waals surface area contributed by atoms with Gasteiger partial charge in [0.15, 0.2) is 0 Å². The summed E-state index contributed by atoms with van der Waals surface area (Å²) in [6, 6.07) is 8.07. The minimum Gasteiger partial charge on any atom is -0.491 e. The van der Waals surface area contributed by atoms with E-state index in [4.69, 9.17) is 27.9 Å². The fraction of sp³-hybridized carbons (Fsp3) is 0.375. The van der Waals surface area contributed by atoms with Crippen LogP contribution in [0.1, 0.15) is 36.2 Å². The molecule has 0 aliphatic heterocycles. The summed E-state index contributed by atoms with van der Waals surface area (Å²) in [4.78, 5) is 1.38. The smallest absolute Gasteiger partial charge is 0.142 e. The van der Waals surface area contributed by atoms with Gasteiger partial charge in [-0.05, 0) is 49.1 Å². The summed E-state index contributed by atoms with van der Waals surface area (Å²) in [7, 11) is 0. The van der Waals surface area contributed by atoms with Gasteiger partial charge in [-0.15, -0.1) is 11.3 Å². The van der Waals surface area contributed by atoms with Gasteiger partial charge in [0.05, 0.1) is 22.7 Å². The predicted molar refractivity (Wildman–Crippen MR) is 91.3 cm³/mol. The molecule has 1 N–H and O–H groups in total. The van der Waals surface area contributed by atoms with E-state index >= 15 is 0 Å². The van der Waals surface area contributed by atoms with E-state index < -0.39 is 0 Å². The number of halogens is 2. The van der Waals surface area contributed by atoms with E-state index in [1.165, 1.54) is 10.4 Å². The molecule has 21 heavy (non-hydrogen) atoms. The highest BCUT2D eigenvalue weighted by atomic mass is 35.5. The van der Waals surface area contributed by atoms with Crippen molar-refractivity contribution < 1.29 is 4.74 Å². The Bertz CT molecular complexity index is 641. The molecule has 0 spiro atoms. The van der Waals surface area contributed by atoms with Crippen LogP contribution in [0.25, 0.3) is 0 Å². The maximum absolute atomic E-state index is 6.13. The summed E-state index contributed by atoms with van der Waals surface area (Å²) in [5, 5.41) is 4.28. The number of aryl methyl sites for hydroxylation is 1. The second-order valence-corrected chi connectivity index (χ2v) is 7.36. The lowest BCUT2D eigenvalue weighted by Crippen LogP contribution is -2.08. The third-order valence-corrected chi connectivity index (χ3v) is 5.15. The van der Waals surface area contributed by atoms with Crippen molar-refractivity contribution in [3.05, 3.63) is 44.1 Å². The van der Waals surface area contributed by atoms with Crippen molar-refractivity contribution in [2.45, 2.75) is 32.2 Å². The summed E-state index contributed by atoms with van der Waals surface area (Å²) in [6.45, 7) is 2.80. The van der Waals surface area contributed by atoms with Gasteiger partial charge in [-0.25, -0.2) is 0 Å². The number of rotatable bonds is 5. The van der Waals surface area contributed by atoms with Crippen LogP contribution in [0.15, 0.2) is 24.3 Å². The van der Waals surface area contributed by atoms with Gasteiger partial charge in [-0.1, -0.05) is 30.1 Å². The largest absolute Gasteiger partial charge is 0.491 e. The van der Waals surface area contributed by atoms with Gasteiger partial charge in [0, 0.05) is 9.90 Å². The molecule has 1 heterocycles. The van der Waals surface area contributed by atoms with Crippen molar-refractivity contribution in [1.82, 2.24) is 0 Å². The van der Waals surface area contributed by atoms with Gasteiger partial charge in [-0.3, -0.25) is 0 Å². The van der Waals surface area contributed by atoms with Crippen LogP contribution < -0.4 is 10.1 Å². The van der Waals surface area contributed by atoms with E-state index in [-0.39, 0.29) is 6.04 Å². The lowest BCUT2D eigenvalue weighted by Gasteiger charge is -2.18. The molecule has 1 aromatic carbocycles. The average molecular weight is 342 g/mol. The zero-order chi connectivity index (χ0) is 14.8. The molecule has 0 radical (unpaired) electrons. The number of nitrogens with one attached hydrogen (secondary N) is 1. The highest BCUT2D eigenvalue weighted by Crippen LogP contribution is 2.42. The Kier molecular flexibility index (Phi) is 4.63. The van der Waals surface area contributed by atoms with Crippen LogP contribution in [-0.2, 0) is 6.42 Å². The zero-order valence-electron chi connectivity index (χ0n) is 11.8. The van der Waals surface area contributed by atoms with E-state index in [2.05, 4.69) is 18.3 Å². The monoisotopic (exact) mass is 341 g/mol. The number of hydrogen-bond acceptors (Lipinski definition) is 3. The normalized spacial score (nSPS) is 16.8. The first-order chi connectivity index (χ1) is 10.2. The molecule has 3 rings (SSSR count). The van der Waals surface area contributed by atoms with E-state index in [1.807, 2.05) is 18.2 Å². The first-order valence-electron chi connectivity index (χ1n) is 7.14. The van der Waals surface area contributed by atoms with Crippen molar-refractivity contribution in [2.24, 2.45) is 0 Å². The zero-order valence-corrected chi connectivity index (χ0v) is 14.1. The van der Waals surface area contributed by atoms with Gasteiger partial charge in [0.25, 0.3) is 0 Å². The highest BCUT2D eigenvalue weighted by molar-refractivity contribution is 7.16. The van der Waals surface area contributed by atoms with E-state index in [1.54, 1.807) is 11.3 Å². The topological polar surface area (TPSA) is 21.3 Å². The molecule has 0 amide bonds. The molecule has 2 aromatic rings. The van der Waals surface area contributed by atoms with Crippen LogP contribution in [0.4, 0.5) is 5.69 Å². The van der Waals surface area contributed by atoms with Crippen LogP contribution in [0.3, 0.4) is 0 Å². The third kappa shape index (κ3) is 3.31. The number of thiophene rings is 1. The Labute approximate surface area is 139 Å². The van der Waals surface area contributed by atoms with E-state index in [0.29, 0.717) is 11.6 Å². The fourth-order valence-corrected chi connectivity index (χ4v) is 4.15. The summed E-state index contributed by atoms with van der Waals surface area (Å²) < 4.78 is 6.66. The SMILES string of the molecule is CCCOc1ccc(Cl)cc1NC1CCc2sc(Cl)cc21. The standard InChI is InChI=1S/C16H17Cl2NOS/c1-2-7-20-14-5-3-10(17)8-13(14)19-12-4-6-15-11(12)9-16(18)21-15/h3,5,8-9,12,19H,2,4,6-7H2,1H3. The van der Waals surface area contributed by atoms with Crippen LogP contribution in [0, 0.1) is 0 Å². The lowest BCUT2D eigenvalue weighted by atomic mass is 10.1. The molecule has 112 valence electrons. The lowest BCUT2D eigenvalue weighted by molar-refractivity contribution is 0.318. The summed E-state index contributed by atoms with van der Waals surface area (Å²) in [6.07, 6.45) is 3.14. The summed E-state index contributed by atoms with van der Waals surface area (Å²) in [5.41, 5.74) is 2.27. The Hall–Kier alpha value is -0.900. The molecular formula is C16H17Cl2NOS. The molecule has 1 unspecified atom stereocenters. The molecule has 1 aromatic heterocycles. The summed E-state index contributed by atoms with van der Waals surface area (Å²) in [5.74, 6) is 0.857. The molecular weight excluding hydrogens is 325 g/mol. The number of ether oxygens (including phenoxy) is 1. The van der Waals surface area contributed by atoms with Crippen molar-refractivity contribution in [3.63, 3.8) is 0 Å². The van der Waals surface area contributed by atoms with Crippen LogP contribution in [-0.4, -0.2) is 6.61 Å². The van der Waals surface area contributed by atoms with Gasteiger partial charge in [0.2, 0.25) is 0 Å². The first-order valence-corrected chi connectivity index (χ1v) is 8.71. The maximum Gasteiger partial charge on any atom is 0.142 e. The number of anilines is 1. The molecule has 1 atom stereocenters. The number of benzene rings is 1. The molecule has 1 aliphatic carbocycles. The third-order valence-electron chi connectivity index (χ3n) is 3.58. The summed E-state index contributed by atoms with van der Waals surface area (Å²) >= 11 is 13.9. The van der Waals surface area contributed by atoms with Crippen molar-refractivity contribution in [3.8, 4) is 5.75 Å². The maximum atomic E-state index is 6.13. The van der Waals surface area contributed by atoms with Crippen LogP contribution >= 0.6 is 34.5 Å². The molecule has 0 saturated carbocycles. The molecule has 0 saturated heterocycles. The molecule has 0 fully saturated rings. The molecule has 5 heteroatoms. The van der Waals surface area contributed by atoms with Gasteiger partial charge < -0.3 is 10.1 Å². The van der Waals surface area contributed by atoms with Crippen molar-refractivity contribution in [2.75, 3.05) is 11.9 Å². The molecule has 1 aliphatic rings. The van der Waals surface area contributed by atoms with E-state index in [0.717, 1.165) is 35.0 Å². The second-order valence-electron chi connectivity index (χ2n) is 5.15. The Morgan fingerprint density at radius 1 is 1.33 bits per heavy atom.